The SMILES string of the molecule is NC1=CCC(N)C=C1S(=O)(=O)O.Nc1cc(OCCCS(=O)(=O)O)c(N)cc1Cl.Nc1ccc(S(=O)(=O)O)cc1. The van der Waals surface area contributed by atoms with Crippen LogP contribution in [0.1, 0.15) is 12.8 Å². The Balaban J connectivity index is 0.000000309. The van der Waals surface area contributed by atoms with Gasteiger partial charge < -0.3 is 33.4 Å². The highest BCUT2D eigenvalue weighted by atomic mass is 35.5. The molecule has 0 amide bonds. The van der Waals surface area contributed by atoms with Crippen LogP contribution in [0.15, 0.2) is 64.0 Å². The summed E-state index contributed by atoms with van der Waals surface area (Å²) < 4.78 is 94.0. The first-order chi connectivity index (χ1) is 18.2. The molecule has 0 aromatic heterocycles. The summed E-state index contributed by atoms with van der Waals surface area (Å²) in [6.45, 7) is 0.102. The van der Waals surface area contributed by atoms with Crippen LogP contribution in [0.2, 0.25) is 5.02 Å². The number of halogens is 1. The van der Waals surface area contributed by atoms with E-state index in [0.717, 1.165) is 0 Å². The van der Waals surface area contributed by atoms with Gasteiger partial charge in [-0.3, -0.25) is 13.7 Å². The van der Waals surface area contributed by atoms with Gasteiger partial charge >= 0.3 is 0 Å². The van der Waals surface area contributed by atoms with Crippen molar-refractivity contribution >= 4 is 59.0 Å². The molecule has 0 bridgehead atoms. The molecule has 15 nitrogen and oxygen atoms in total. The second-order valence-corrected chi connectivity index (χ2v) is 12.8. The van der Waals surface area contributed by atoms with Crippen molar-refractivity contribution in [1.82, 2.24) is 0 Å². The summed E-state index contributed by atoms with van der Waals surface area (Å²) >= 11 is 5.73. The Morgan fingerprint density at radius 3 is 1.93 bits per heavy atom. The molecule has 2 aromatic carbocycles. The fraction of sp³-hybridized carbons (Fsp3) is 0.238. The van der Waals surface area contributed by atoms with E-state index in [0.29, 0.717) is 34.3 Å². The summed E-state index contributed by atoms with van der Waals surface area (Å²) in [5.41, 5.74) is 28.4. The van der Waals surface area contributed by atoms with Gasteiger partial charge in [0.05, 0.1) is 33.7 Å². The van der Waals surface area contributed by atoms with Gasteiger partial charge in [-0.1, -0.05) is 17.7 Å². The van der Waals surface area contributed by atoms with Gasteiger partial charge in [0.1, 0.15) is 10.7 Å². The molecule has 0 heterocycles. The molecule has 0 saturated heterocycles. The number of hydrogen-bond acceptors (Lipinski definition) is 12. The molecule has 1 aliphatic rings. The molecule has 0 saturated carbocycles. The fourth-order valence-corrected chi connectivity index (χ4v) is 4.59. The lowest BCUT2D eigenvalue weighted by Gasteiger charge is -2.13. The molecule has 1 unspecified atom stereocenters. The quantitative estimate of drug-likeness (QED) is 0.118. The van der Waals surface area contributed by atoms with E-state index in [2.05, 4.69) is 0 Å². The maximum Gasteiger partial charge on any atom is 0.296 e. The Morgan fingerprint density at radius 1 is 0.875 bits per heavy atom. The summed E-state index contributed by atoms with van der Waals surface area (Å²) in [7, 11) is -12.3. The summed E-state index contributed by atoms with van der Waals surface area (Å²) in [4.78, 5) is -0.437. The number of hydrogen-bond donors (Lipinski definition) is 8. The van der Waals surface area contributed by atoms with Crippen LogP contribution >= 0.6 is 11.6 Å². The normalized spacial score (nSPS) is 15.4. The van der Waals surface area contributed by atoms with Crippen LogP contribution in [-0.2, 0) is 30.4 Å². The molecule has 1 aliphatic carbocycles. The highest BCUT2D eigenvalue weighted by Gasteiger charge is 2.20. The Hall–Kier alpha value is -3.10. The molecule has 40 heavy (non-hydrogen) atoms. The zero-order chi connectivity index (χ0) is 30.9. The third-order valence-corrected chi connectivity index (χ3v) is 7.58. The number of rotatable bonds is 7. The van der Waals surface area contributed by atoms with Gasteiger partial charge in [0, 0.05) is 23.5 Å². The zero-order valence-corrected chi connectivity index (χ0v) is 23.9. The predicted octanol–water partition coefficient (Wildman–Crippen LogP) is 1.01. The average molecular weight is 644 g/mol. The van der Waals surface area contributed by atoms with Crippen LogP contribution in [0.4, 0.5) is 17.1 Å². The molecule has 19 heteroatoms. The molecule has 13 N–H and O–H groups in total. The van der Waals surface area contributed by atoms with E-state index < -0.39 is 36.4 Å². The molecule has 3 rings (SSSR count). The number of ether oxygens (including phenoxy) is 1. The van der Waals surface area contributed by atoms with Gasteiger partial charge in [-0.15, -0.1) is 0 Å². The molecule has 1 atom stereocenters. The lowest BCUT2D eigenvalue weighted by Crippen LogP contribution is -2.24. The van der Waals surface area contributed by atoms with E-state index >= 15 is 0 Å². The highest BCUT2D eigenvalue weighted by molar-refractivity contribution is 7.90. The third kappa shape index (κ3) is 12.8. The van der Waals surface area contributed by atoms with Crippen molar-refractivity contribution in [3.63, 3.8) is 0 Å². The van der Waals surface area contributed by atoms with E-state index in [1.807, 2.05) is 0 Å². The highest BCUT2D eigenvalue weighted by Crippen LogP contribution is 2.30. The molecular weight excluding hydrogens is 614 g/mol. The number of anilines is 3. The van der Waals surface area contributed by atoms with Crippen molar-refractivity contribution in [2.24, 2.45) is 11.5 Å². The smallest absolute Gasteiger partial charge is 0.296 e. The second-order valence-electron chi connectivity index (χ2n) is 8.01. The van der Waals surface area contributed by atoms with Crippen LogP contribution in [0, 0.1) is 0 Å². The average Bonchev–Trinajstić information content (AvgIpc) is 2.81. The topological polar surface area (TPSA) is 302 Å². The lowest BCUT2D eigenvalue weighted by molar-refractivity contribution is 0.318. The number of benzene rings is 2. The van der Waals surface area contributed by atoms with Crippen molar-refractivity contribution < 1.29 is 43.6 Å². The first-order valence-electron chi connectivity index (χ1n) is 10.9. The van der Waals surface area contributed by atoms with Gasteiger partial charge in [-0.2, -0.15) is 25.3 Å². The van der Waals surface area contributed by atoms with Crippen LogP contribution in [0.25, 0.3) is 0 Å². The van der Waals surface area contributed by atoms with Crippen LogP contribution in [0.5, 0.6) is 5.75 Å². The van der Waals surface area contributed by atoms with Gasteiger partial charge in [0.2, 0.25) is 0 Å². The molecule has 224 valence electrons. The van der Waals surface area contributed by atoms with Gasteiger partial charge in [0.25, 0.3) is 30.4 Å². The first-order valence-corrected chi connectivity index (χ1v) is 15.7. The Morgan fingerprint density at radius 2 is 1.45 bits per heavy atom. The van der Waals surface area contributed by atoms with Crippen LogP contribution in [-0.4, -0.2) is 57.3 Å². The summed E-state index contributed by atoms with van der Waals surface area (Å²) in [5.74, 6) is -0.0297. The molecule has 0 radical (unpaired) electrons. The minimum Gasteiger partial charge on any atom is -0.491 e. The van der Waals surface area contributed by atoms with Crippen molar-refractivity contribution in [3.05, 3.63) is 64.2 Å². The van der Waals surface area contributed by atoms with E-state index in [4.69, 9.17) is 58.7 Å². The molecule has 0 aliphatic heterocycles. The maximum absolute atomic E-state index is 10.7. The Bertz CT molecular complexity index is 1560. The van der Waals surface area contributed by atoms with Crippen molar-refractivity contribution in [3.8, 4) is 5.75 Å². The molecule has 0 spiro atoms. The van der Waals surface area contributed by atoms with Gasteiger partial charge in [-0.05, 0) is 49.2 Å². The monoisotopic (exact) mass is 643 g/mol. The number of nitrogens with two attached hydrogens (primary N) is 5. The minimum absolute atomic E-state index is 0.0548. The van der Waals surface area contributed by atoms with E-state index in [1.165, 1.54) is 48.6 Å². The molecule has 0 fully saturated rings. The standard InChI is InChI=1S/C9H13ClN2O4S.C6H10N2O3S.C6H7NO3S/c10-6-4-8(12)9(5-7(6)11)16-2-1-3-17(13,14)15;7-4-1-2-5(8)6(3-4)12(9,10)11;7-5-1-3-6(4-2-5)11(8,9)10/h4-5H,1-3,11-12H2,(H,13,14,15);2-4H,1,7-8H2,(H,9,10,11);1-4H,7H2,(H,8,9,10). The third-order valence-electron chi connectivity index (χ3n) is 4.65. The summed E-state index contributed by atoms with van der Waals surface area (Å²) in [5, 5.41) is 0.327. The van der Waals surface area contributed by atoms with Crippen LogP contribution < -0.4 is 33.4 Å². The largest absolute Gasteiger partial charge is 0.491 e. The zero-order valence-electron chi connectivity index (χ0n) is 20.7. The van der Waals surface area contributed by atoms with Crippen molar-refractivity contribution in [2.75, 3.05) is 29.6 Å². The number of nitrogen functional groups attached to an aromatic ring is 3. The molecular formula is C21H30ClN5O10S3. The predicted molar refractivity (Wildman–Crippen MR) is 152 cm³/mol. The van der Waals surface area contributed by atoms with Gasteiger partial charge in [-0.25, -0.2) is 0 Å². The van der Waals surface area contributed by atoms with Gasteiger partial charge in [0.15, 0.2) is 0 Å². The minimum atomic E-state index is -4.22. The lowest BCUT2D eigenvalue weighted by atomic mass is 10.1. The van der Waals surface area contributed by atoms with E-state index in [-0.39, 0.29) is 34.3 Å². The van der Waals surface area contributed by atoms with Crippen molar-refractivity contribution in [1.29, 1.82) is 0 Å². The maximum atomic E-state index is 10.7. The molecule has 2 aromatic rings. The van der Waals surface area contributed by atoms with E-state index in [1.54, 1.807) is 0 Å². The first kappa shape index (κ1) is 34.9. The van der Waals surface area contributed by atoms with Crippen LogP contribution in [0.3, 0.4) is 0 Å². The van der Waals surface area contributed by atoms with E-state index in [9.17, 15) is 25.3 Å². The fourth-order valence-electron chi connectivity index (χ4n) is 2.73. The second kappa shape index (κ2) is 14.5. The summed E-state index contributed by atoms with van der Waals surface area (Å²) in [6.07, 6.45) is 3.37. The Kier molecular flexibility index (Phi) is 12.7. The van der Waals surface area contributed by atoms with Crippen molar-refractivity contribution in [2.45, 2.75) is 23.8 Å². The summed E-state index contributed by atoms with van der Waals surface area (Å²) in [6, 6.07) is 7.82. The Labute approximate surface area is 236 Å².